The molecule has 1 saturated heterocycles. The highest BCUT2D eigenvalue weighted by Crippen LogP contribution is 2.16. The van der Waals surface area contributed by atoms with Crippen LogP contribution in [0.5, 0.6) is 0 Å². The molecule has 18 heavy (non-hydrogen) atoms. The number of hydrogen-bond acceptors (Lipinski definition) is 4. The quantitative estimate of drug-likeness (QED) is 0.767. The first-order chi connectivity index (χ1) is 8.58. The summed E-state index contributed by atoms with van der Waals surface area (Å²) in [5, 5.41) is 14.2. The third-order valence-corrected chi connectivity index (χ3v) is 3.44. The molecule has 1 aromatic rings. The molecule has 0 aromatic heterocycles. The molecule has 0 saturated carbocycles. The maximum atomic E-state index is 13.4. The molecule has 2 rings (SSSR count). The van der Waals surface area contributed by atoms with Crippen molar-refractivity contribution in [3.63, 3.8) is 0 Å². The molecular weight excluding hydrogens is 259 g/mol. The molecule has 1 aliphatic heterocycles. The number of carboxylic acid groups (broad SMARTS) is 1. The molecule has 0 spiro atoms. The van der Waals surface area contributed by atoms with E-state index < -0.39 is 17.3 Å². The van der Waals surface area contributed by atoms with Gasteiger partial charge in [0, 0.05) is 17.3 Å². The summed E-state index contributed by atoms with van der Waals surface area (Å²) in [5.41, 5.74) is -0.163. The zero-order chi connectivity index (χ0) is 13.1. The third kappa shape index (κ3) is 2.80. The van der Waals surface area contributed by atoms with Crippen molar-refractivity contribution in [1.82, 2.24) is 5.32 Å². The van der Waals surface area contributed by atoms with Gasteiger partial charge in [0.05, 0.1) is 11.6 Å². The molecule has 1 fully saturated rings. The van der Waals surface area contributed by atoms with Crippen LogP contribution in [0.15, 0.2) is 18.2 Å². The van der Waals surface area contributed by atoms with Crippen molar-refractivity contribution in [3.8, 4) is 0 Å². The summed E-state index contributed by atoms with van der Waals surface area (Å²) in [6.45, 7) is 0. The third-order valence-electron chi connectivity index (χ3n) is 2.50. The lowest BCUT2D eigenvalue weighted by Gasteiger charge is -2.10. The fraction of sp³-hybridized carbons (Fsp3) is 0.273. The first-order valence-corrected chi connectivity index (χ1v) is 6.38. The van der Waals surface area contributed by atoms with E-state index in [9.17, 15) is 14.0 Å². The van der Waals surface area contributed by atoms with Crippen molar-refractivity contribution in [2.24, 2.45) is 0 Å². The Morgan fingerprint density at radius 1 is 1.50 bits per heavy atom. The molecule has 7 heteroatoms. The van der Waals surface area contributed by atoms with Crippen LogP contribution >= 0.6 is 11.8 Å². The van der Waals surface area contributed by atoms with Gasteiger partial charge in [0.15, 0.2) is 0 Å². The van der Waals surface area contributed by atoms with Crippen LogP contribution < -0.4 is 10.6 Å². The molecule has 1 heterocycles. The Morgan fingerprint density at radius 2 is 2.28 bits per heavy atom. The number of thioether (sulfide) groups is 1. The minimum atomic E-state index is -1.33. The van der Waals surface area contributed by atoms with Crippen LogP contribution in [-0.2, 0) is 4.79 Å². The van der Waals surface area contributed by atoms with Crippen LogP contribution in [0.3, 0.4) is 0 Å². The van der Waals surface area contributed by atoms with E-state index in [1.165, 1.54) is 6.07 Å². The maximum Gasteiger partial charge on any atom is 0.338 e. The summed E-state index contributed by atoms with van der Waals surface area (Å²) in [7, 11) is 0. The van der Waals surface area contributed by atoms with Gasteiger partial charge in [-0.1, -0.05) is 0 Å². The van der Waals surface area contributed by atoms with Crippen LogP contribution in [0.1, 0.15) is 10.4 Å². The largest absolute Gasteiger partial charge is 0.478 e. The molecule has 1 amide bonds. The number of amides is 1. The molecule has 1 aliphatic rings. The van der Waals surface area contributed by atoms with Gasteiger partial charge in [-0.3, -0.25) is 10.1 Å². The van der Waals surface area contributed by atoms with Crippen molar-refractivity contribution in [2.45, 2.75) is 6.04 Å². The number of nitrogens with one attached hydrogen (secondary N) is 2. The molecule has 0 aliphatic carbocycles. The zero-order valence-electron chi connectivity index (χ0n) is 9.27. The summed E-state index contributed by atoms with van der Waals surface area (Å²) in [6, 6.07) is 3.21. The number of carbonyl (C=O) groups is 2. The fourth-order valence-electron chi connectivity index (χ4n) is 1.56. The van der Waals surface area contributed by atoms with Gasteiger partial charge in [-0.2, -0.15) is 0 Å². The highest BCUT2D eigenvalue weighted by molar-refractivity contribution is 7.99. The summed E-state index contributed by atoms with van der Waals surface area (Å²) in [4.78, 5) is 22.3. The molecule has 96 valence electrons. The average molecular weight is 270 g/mol. The summed E-state index contributed by atoms with van der Waals surface area (Å²) < 4.78 is 13.4. The summed E-state index contributed by atoms with van der Waals surface area (Å²) >= 11 is 1.61. The highest BCUT2D eigenvalue weighted by Gasteiger charge is 2.22. The lowest BCUT2D eigenvalue weighted by Crippen LogP contribution is -2.37. The van der Waals surface area contributed by atoms with E-state index in [1.807, 2.05) is 0 Å². The molecule has 0 radical (unpaired) electrons. The van der Waals surface area contributed by atoms with E-state index in [1.54, 1.807) is 11.8 Å². The van der Waals surface area contributed by atoms with Crippen molar-refractivity contribution < 1.29 is 19.1 Å². The Labute approximate surface area is 107 Å². The van der Waals surface area contributed by atoms with Crippen LogP contribution in [0.4, 0.5) is 10.1 Å². The van der Waals surface area contributed by atoms with Gasteiger partial charge in [-0.05, 0) is 18.2 Å². The Bertz CT molecular complexity index is 489. The minimum Gasteiger partial charge on any atom is -0.478 e. The van der Waals surface area contributed by atoms with Gasteiger partial charge in [0.2, 0.25) is 5.91 Å². The van der Waals surface area contributed by atoms with E-state index in [-0.39, 0.29) is 17.6 Å². The number of carbonyl (C=O) groups excluding carboxylic acids is 1. The number of carboxylic acids is 1. The fourth-order valence-corrected chi connectivity index (χ4v) is 2.50. The summed E-state index contributed by atoms with van der Waals surface area (Å²) in [5.74, 6) is -1.07. The second-order valence-corrected chi connectivity index (χ2v) is 4.79. The SMILES string of the molecule is O=C(O)c1ccc(NC(=O)C2CSCN2)cc1F. The zero-order valence-corrected chi connectivity index (χ0v) is 10.1. The second kappa shape index (κ2) is 5.36. The van der Waals surface area contributed by atoms with Crippen molar-refractivity contribution in [1.29, 1.82) is 0 Å². The molecule has 1 unspecified atom stereocenters. The lowest BCUT2D eigenvalue weighted by molar-refractivity contribution is -0.117. The van der Waals surface area contributed by atoms with E-state index in [0.717, 1.165) is 12.1 Å². The smallest absolute Gasteiger partial charge is 0.338 e. The van der Waals surface area contributed by atoms with Crippen molar-refractivity contribution in [3.05, 3.63) is 29.6 Å². The molecular formula is C11H11FN2O3S. The summed E-state index contributed by atoms with van der Waals surface area (Å²) in [6.07, 6.45) is 0. The topological polar surface area (TPSA) is 78.4 Å². The number of anilines is 1. The lowest BCUT2D eigenvalue weighted by atomic mass is 10.2. The molecule has 1 atom stereocenters. The van der Waals surface area contributed by atoms with Gasteiger partial charge < -0.3 is 10.4 Å². The van der Waals surface area contributed by atoms with Crippen molar-refractivity contribution >= 4 is 29.3 Å². The van der Waals surface area contributed by atoms with Gasteiger partial charge in [0.25, 0.3) is 0 Å². The molecule has 0 bridgehead atoms. The Morgan fingerprint density at radius 3 is 2.83 bits per heavy atom. The first kappa shape index (κ1) is 12.8. The first-order valence-electron chi connectivity index (χ1n) is 5.23. The Balaban J connectivity index is 2.07. The number of aromatic carboxylic acids is 1. The Kier molecular flexibility index (Phi) is 3.83. The monoisotopic (exact) mass is 270 g/mol. The normalized spacial score (nSPS) is 18.6. The molecule has 1 aromatic carbocycles. The number of benzene rings is 1. The predicted molar refractivity (Wildman–Crippen MR) is 66.2 cm³/mol. The van der Waals surface area contributed by atoms with Crippen LogP contribution in [0.2, 0.25) is 0 Å². The van der Waals surface area contributed by atoms with E-state index >= 15 is 0 Å². The van der Waals surface area contributed by atoms with Gasteiger partial charge >= 0.3 is 5.97 Å². The van der Waals surface area contributed by atoms with E-state index in [4.69, 9.17) is 5.11 Å². The highest BCUT2D eigenvalue weighted by atomic mass is 32.2. The van der Waals surface area contributed by atoms with Crippen LogP contribution in [0, 0.1) is 5.82 Å². The van der Waals surface area contributed by atoms with Gasteiger partial charge in [-0.15, -0.1) is 11.8 Å². The van der Waals surface area contributed by atoms with Gasteiger partial charge in [-0.25, -0.2) is 9.18 Å². The van der Waals surface area contributed by atoms with E-state index in [2.05, 4.69) is 10.6 Å². The van der Waals surface area contributed by atoms with Crippen LogP contribution in [0.25, 0.3) is 0 Å². The minimum absolute atomic E-state index is 0.248. The predicted octanol–water partition coefficient (Wildman–Crippen LogP) is 1.12. The molecule has 5 nitrogen and oxygen atoms in total. The molecule has 3 N–H and O–H groups in total. The maximum absolute atomic E-state index is 13.4. The average Bonchev–Trinajstić information content (AvgIpc) is 2.81. The van der Waals surface area contributed by atoms with Crippen molar-refractivity contribution in [2.75, 3.05) is 16.9 Å². The standard InChI is InChI=1S/C11H11FN2O3S/c12-8-3-6(1-2-7(8)11(16)17)14-10(15)9-4-18-5-13-9/h1-3,9,13H,4-5H2,(H,14,15)(H,16,17). The second-order valence-electron chi connectivity index (χ2n) is 3.76. The van der Waals surface area contributed by atoms with Crippen LogP contribution in [-0.4, -0.2) is 34.7 Å². The number of halogens is 1. The van der Waals surface area contributed by atoms with Gasteiger partial charge in [0.1, 0.15) is 5.82 Å². The Hall–Kier alpha value is -1.60. The number of hydrogen-bond donors (Lipinski definition) is 3. The van der Waals surface area contributed by atoms with E-state index in [0.29, 0.717) is 11.6 Å². The number of rotatable bonds is 3.